The number of likely N-dealkylation sites (tertiary alicyclic amines) is 1. The van der Waals surface area contributed by atoms with Crippen LogP contribution in [0.25, 0.3) is 0 Å². The Morgan fingerprint density at radius 2 is 1.83 bits per heavy atom. The molecule has 1 heterocycles. The van der Waals surface area contributed by atoms with Gasteiger partial charge in [-0.15, -0.1) is 0 Å². The van der Waals surface area contributed by atoms with Crippen molar-refractivity contribution in [3.05, 3.63) is 0 Å². The second-order valence-electron chi connectivity index (χ2n) is 6.38. The summed E-state index contributed by atoms with van der Waals surface area (Å²) in [6.45, 7) is 11.5. The molecule has 1 saturated heterocycles. The minimum absolute atomic E-state index is 0.104. The van der Waals surface area contributed by atoms with Crippen molar-refractivity contribution in [2.45, 2.75) is 53.0 Å². The van der Waals surface area contributed by atoms with E-state index in [1.165, 1.54) is 0 Å². The van der Waals surface area contributed by atoms with Crippen LogP contribution >= 0.6 is 0 Å². The van der Waals surface area contributed by atoms with Crippen molar-refractivity contribution < 1.29 is 9.53 Å². The molecule has 0 amide bonds. The normalized spacial score (nSPS) is 22.1. The Balaban J connectivity index is 2.48. The lowest BCUT2D eigenvalue weighted by Gasteiger charge is -2.40. The van der Waals surface area contributed by atoms with Crippen molar-refractivity contribution in [3.8, 4) is 0 Å². The van der Waals surface area contributed by atoms with Crippen LogP contribution in [0.2, 0.25) is 0 Å². The molecule has 0 N–H and O–H groups in total. The van der Waals surface area contributed by atoms with E-state index in [-0.39, 0.29) is 5.41 Å². The van der Waals surface area contributed by atoms with Gasteiger partial charge < -0.3 is 9.64 Å². The van der Waals surface area contributed by atoms with Crippen LogP contribution in [-0.4, -0.2) is 43.5 Å². The summed E-state index contributed by atoms with van der Waals surface area (Å²) < 4.78 is 5.11. The SMILES string of the molecule is COCC(C)CC(=O)C1(C)CCN(C(C)C)CC1. The number of ether oxygens (including phenoxy) is 1. The molecule has 1 unspecified atom stereocenters. The van der Waals surface area contributed by atoms with Crippen molar-refractivity contribution in [2.24, 2.45) is 11.3 Å². The number of carbonyl (C=O) groups excluding carboxylic acids is 1. The molecule has 1 aliphatic heterocycles. The molecule has 0 radical (unpaired) electrons. The van der Waals surface area contributed by atoms with Crippen LogP contribution in [0.1, 0.15) is 47.0 Å². The maximum Gasteiger partial charge on any atom is 0.139 e. The minimum atomic E-state index is -0.104. The molecule has 0 aromatic carbocycles. The highest BCUT2D eigenvalue weighted by molar-refractivity contribution is 5.84. The summed E-state index contributed by atoms with van der Waals surface area (Å²) in [5.74, 6) is 0.762. The molecule has 0 saturated carbocycles. The van der Waals surface area contributed by atoms with Crippen LogP contribution in [0.3, 0.4) is 0 Å². The Morgan fingerprint density at radius 3 is 2.28 bits per heavy atom. The molecule has 1 rings (SSSR count). The molecule has 0 aromatic heterocycles. The summed E-state index contributed by atoms with van der Waals surface area (Å²) >= 11 is 0. The Hall–Kier alpha value is -0.410. The molecule has 1 atom stereocenters. The van der Waals surface area contributed by atoms with E-state index in [2.05, 4.69) is 32.6 Å². The number of piperidine rings is 1. The van der Waals surface area contributed by atoms with Gasteiger partial charge in [0.25, 0.3) is 0 Å². The van der Waals surface area contributed by atoms with Gasteiger partial charge in [0.15, 0.2) is 0 Å². The Kier molecular flexibility index (Phi) is 5.80. The van der Waals surface area contributed by atoms with E-state index >= 15 is 0 Å². The third kappa shape index (κ3) is 4.06. The highest BCUT2D eigenvalue weighted by atomic mass is 16.5. The lowest BCUT2D eigenvalue weighted by Crippen LogP contribution is -2.45. The van der Waals surface area contributed by atoms with Crippen LogP contribution in [0.5, 0.6) is 0 Å². The minimum Gasteiger partial charge on any atom is -0.384 e. The van der Waals surface area contributed by atoms with Gasteiger partial charge in [0, 0.05) is 31.6 Å². The fraction of sp³-hybridized carbons (Fsp3) is 0.933. The van der Waals surface area contributed by atoms with E-state index in [1.54, 1.807) is 7.11 Å². The standard InChI is InChI=1S/C15H29NO2/c1-12(2)16-8-6-15(4,7-9-16)14(17)10-13(3)11-18-5/h12-13H,6-11H2,1-5H3. The third-order valence-electron chi connectivity index (χ3n) is 4.29. The zero-order chi connectivity index (χ0) is 13.8. The average molecular weight is 255 g/mol. The molecule has 0 bridgehead atoms. The maximum absolute atomic E-state index is 12.4. The predicted molar refractivity (Wildman–Crippen MR) is 74.7 cm³/mol. The van der Waals surface area contributed by atoms with Crippen LogP contribution < -0.4 is 0 Å². The van der Waals surface area contributed by atoms with E-state index in [9.17, 15) is 4.79 Å². The number of rotatable bonds is 6. The topological polar surface area (TPSA) is 29.5 Å². The van der Waals surface area contributed by atoms with Crippen LogP contribution in [0.15, 0.2) is 0 Å². The molecular formula is C15H29NO2. The van der Waals surface area contributed by atoms with Crippen molar-refractivity contribution in [1.82, 2.24) is 4.90 Å². The van der Waals surface area contributed by atoms with Crippen LogP contribution in [-0.2, 0) is 9.53 Å². The number of ketones is 1. The number of hydrogen-bond acceptors (Lipinski definition) is 3. The first-order valence-corrected chi connectivity index (χ1v) is 7.15. The third-order valence-corrected chi connectivity index (χ3v) is 4.29. The first kappa shape index (κ1) is 15.6. The molecular weight excluding hydrogens is 226 g/mol. The Bertz CT molecular complexity index is 268. The van der Waals surface area contributed by atoms with E-state index in [0.717, 1.165) is 25.9 Å². The summed E-state index contributed by atoms with van der Waals surface area (Å²) in [5, 5.41) is 0. The van der Waals surface area contributed by atoms with E-state index in [0.29, 0.717) is 30.8 Å². The average Bonchev–Trinajstić information content (AvgIpc) is 2.29. The highest BCUT2D eigenvalue weighted by Gasteiger charge is 2.37. The van der Waals surface area contributed by atoms with E-state index in [1.807, 2.05) is 0 Å². The summed E-state index contributed by atoms with van der Waals surface area (Å²) in [6.07, 6.45) is 2.67. The fourth-order valence-electron chi connectivity index (χ4n) is 2.72. The molecule has 106 valence electrons. The van der Waals surface area contributed by atoms with Crippen LogP contribution in [0.4, 0.5) is 0 Å². The summed E-state index contributed by atoms with van der Waals surface area (Å²) in [7, 11) is 1.70. The van der Waals surface area contributed by atoms with Crippen molar-refractivity contribution >= 4 is 5.78 Å². The second-order valence-corrected chi connectivity index (χ2v) is 6.38. The lowest BCUT2D eigenvalue weighted by atomic mass is 9.74. The first-order valence-electron chi connectivity index (χ1n) is 7.15. The van der Waals surface area contributed by atoms with Gasteiger partial charge in [-0.2, -0.15) is 0 Å². The molecule has 3 nitrogen and oxygen atoms in total. The first-order chi connectivity index (χ1) is 8.39. The van der Waals surface area contributed by atoms with Gasteiger partial charge in [0.05, 0.1) is 0 Å². The molecule has 0 spiro atoms. The smallest absolute Gasteiger partial charge is 0.139 e. The predicted octanol–water partition coefficient (Wildman–Crippen LogP) is 2.74. The highest BCUT2D eigenvalue weighted by Crippen LogP contribution is 2.34. The number of Topliss-reactive ketones (excluding diaryl/α,β-unsaturated/α-hetero) is 1. The van der Waals surface area contributed by atoms with E-state index in [4.69, 9.17) is 4.74 Å². The second kappa shape index (κ2) is 6.67. The maximum atomic E-state index is 12.4. The molecule has 1 fully saturated rings. The number of carbonyl (C=O) groups is 1. The number of hydrogen-bond donors (Lipinski definition) is 0. The Labute approximate surface area is 112 Å². The van der Waals surface area contributed by atoms with Crippen molar-refractivity contribution in [2.75, 3.05) is 26.8 Å². The van der Waals surface area contributed by atoms with Gasteiger partial charge in [0.2, 0.25) is 0 Å². The quantitative estimate of drug-likeness (QED) is 0.731. The summed E-state index contributed by atoms with van der Waals surface area (Å²) in [6, 6.07) is 0.595. The number of nitrogens with zero attached hydrogens (tertiary/aromatic N) is 1. The molecule has 3 heteroatoms. The lowest BCUT2D eigenvalue weighted by molar-refractivity contribution is -0.132. The van der Waals surface area contributed by atoms with Gasteiger partial charge in [0.1, 0.15) is 5.78 Å². The van der Waals surface area contributed by atoms with Crippen molar-refractivity contribution in [1.29, 1.82) is 0 Å². The van der Waals surface area contributed by atoms with Gasteiger partial charge in [-0.25, -0.2) is 0 Å². The summed E-state index contributed by atoms with van der Waals surface area (Å²) in [4.78, 5) is 14.9. The largest absolute Gasteiger partial charge is 0.384 e. The zero-order valence-electron chi connectivity index (χ0n) is 12.7. The van der Waals surface area contributed by atoms with Gasteiger partial charge in [-0.1, -0.05) is 13.8 Å². The molecule has 18 heavy (non-hydrogen) atoms. The summed E-state index contributed by atoms with van der Waals surface area (Å²) in [5.41, 5.74) is -0.104. The fourth-order valence-corrected chi connectivity index (χ4v) is 2.72. The van der Waals surface area contributed by atoms with Gasteiger partial charge >= 0.3 is 0 Å². The monoisotopic (exact) mass is 255 g/mol. The Morgan fingerprint density at radius 1 is 1.28 bits per heavy atom. The molecule has 1 aliphatic rings. The van der Waals surface area contributed by atoms with E-state index < -0.39 is 0 Å². The molecule has 0 aromatic rings. The van der Waals surface area contributed by atoms with Gasteiger partial charge in [-0.3, -0.25) is 4.79 Å². The van der Waals surface area contributed by atoms with Crippen molar-refractivity contribution in [3.63, 3.8) is 0 Å². The van der Waals surface area contributed by atoms with Gasteiger partial charge in [-0.05, 0) is 45.7 Å². The number of methoxy groups -OCH3 is 1. The molecule has 0 aliphatic carbocycles. The van der Waals surface area contributed by atoms with Crippen LogP contribution in [0, 0.1) is 11.3 Å². The zero-order valence-corrected chi connectivity index (χ0v) is 12.7.